The number of nitrogen functional groups attached to an aromatic ring is 1. The van der Waals surface area contributed by atoms with Crippen molar-refractivity contribution in [3.05, 3.63) is 28.8 Å². The summed E-state index contributed by atoms with van der Waals surface area (Å²) in [5.74, 6) is -3.67. The molecule has 184 valence electrons. The van der Waals surface area contributed by atoms with E-state index < -0.39 is 52.6 Å². The van der Waals surface area contributed by atoms with Crippen LogP contribution in [-0.4, -0.2) is 64.2 Å². The van der Waals surface area contributed by atoms with E-state index in [4.69, 9.17) is 17.3 Å². The number of aliphatic carboxylic acids is 1. The minimum Gasteiger partial charge on any atom is -0.481 e. The summed E-state index contributed by atoms with van der Waals surface area (Å²) in [4.78, 5) is 63.5. The molecule has 0 spiro atoms. The van der Waals surface area contributed by atoms with Crippen molar-refractivity contribution in [2.24, 2.45) is 11.3 Å². The number of carboxylic acids is 1. The molecule has 34 heavy (non-hydrogen) atoms. The predicted molar refractivity (Wildman–Crippen MR) is 124 cm³/mol. The first-order valence-corrected chi connectivity index (χ1v) is 11.4. The summed E-state index contributed by atoms with van der Waals surface area (Å²) in [5.41, 5.74) is 4.13. The van der Waals surface area contributed by atoms with Crippen LogP contribution >= 0.6 is 11.6 Å². The molecule has 4 atom stereocenters. The zero-order valence-electron chi connectivity index (χ0n) is 19.3. The Morgan fingerprint density at radius 1 is 1.29 bits per heavy atom. The number of carbonyl (C=O) groups excluding carboxylic acids is 4. The van der Waals surface area contributed by atoms with Crippen LogP contribution in [0.3, 0.4) is 0 Å². The summed E-state index contributed by atoms with van der Waals surface area (Å²) in [6.07, 6.45) is 1.38. The lowest BCUT2D eigenvalue weighted by molar-refractivity contribution is -0.143. The van der Waals surface area contributed by atoms with Gasteiger partial charge in [0.2, 0.25) is 11.8 Å². The quantitative estimate of drug-likeness (QED) is 0.329. The normalized spacial score (nSPS) is 24.8. The van der Waals surface area contributed by atoms with E-state index in [1.54, 1.807) is 20.8 Å². The number of carbonyl (C=O) groups is 5. The van der Waals surface area contributed by atoms with Gasteiger partial charge < -0.3 is 31.2 Å². The summed E-state index contributed by atoms with van der Waals surface area (Å²) in [5, 5.41) is 14.7. The van der Waals surface area contributed by atoms with E-state index in [1.807, 2.05) is 0 Å². The van der Waals surface area contributed by atoms with Crippen LogP contribution in [0.1, 0.15) is 50.4 Å². The average molecular weight is 493 g/mol. The third-order valence-corrected chi connectivity index (χ3v) is 6.68. The minimum absolute atomic E-state index is 0.0169. The standard InChI is InChI=1S/C23H29ClN4O6/c1-22(2,3)17(26-18(30)12-6-7-15(25)14(24)9-12)20(32)28-8-4-5-16(28)19(31)27-23(11-29)10-13(23)21(33)34/h6-7,9,11,13,16-17H,4-5,8,10,25H2,1-3H3,(H,26,30)(H,27,31)(H,33,34)/t13?,16-,17+,23?/m0/s1. The summed E-state index contributed by atoms with van der Waals surface area (Å²) in [6, 6.07) is 2.58. The second-order valence-corrected chi connectivity index (χ2v) is 10.3. The first kappa shape index (κ1) is 25.5. The molecule has 1 aromatic carbocycles. The van der Waals surface area contributed by atoms with Gasteiger partial charge in [0, 0.05) is 12.1 Å². The van der Waals surface area contributed by atoms with E-state index in [0.29, 0.717) is 31.4 Å². The third kappa shape index (κ3) is 5.01. The Balaban J connectivity index is 1.77. The van der Waals surface area contributed by atoms with Gasteiger partial charge in [-0.15, -0.1) is 0 Å². The summed E-state index contributed by atoms with van der Waals surface area (Å²) in [6.45, 7) is 5.67. The maximum atomic E-state index is 13.5. The fourth-order valence-electron chi connectivity index (χ4n) is 4.20. The number of benzene rings is 1. The number of hydrogen-bond donors (Lipinski definition) is 4. The van der Waals surface area contributed by atoms with Crippen LogP contribution in [-0.2, 0) is 19.2 Å². The van der Waals surface area contributed by atoms with Crippen LogP contribution in [0, 0.1) is 11.3 Å². The second kappa shape index (κ2) is 9.25. The van der Waals surface area contributed by atoms with Crippen molar-refractivity contribution >= 4 is 47.3 Å². The van der Waals surface area contributed by atoms with Crippen molar-refractivity contribution in [3.8, 4) is 0 Å². The highest BCUT2D eigenvalue weighted by Crippen LogP contribution is 2.42. The SMILES string of the molecule is CC(C)(C)[C@H](NC(=O)c1ccc(N)c(Cl)c1)C(=O)N1CCC[C@H]1C(=O)NC1(C=O)CC1C(=O)O. The van der Waals surface area contributed by atoms with Gasteiger partial charge in [0.25, 0.3) is 5.91 Å². The number of amides is 3. The van der Waals surface area contributed by atoms with Crippen LogP contribution in [0.5, 0.6) is 0 Å². The number of halogens is 1. The van der Waals surface area contributed by atoms with Gasteiger partial charge in [0.15, 0.2) is 0 Å². The van der Waals surface area contributed by atoms with Crippen molar-refractivity contribution in [3.63, 3.8) is 0 Å². The molecule has 0 bridgehead atoms. The molecule has 1 saturated carbocycles. The lowest BCUT2D eigenvalue weighted by Crippen LogP contribution is -2.58. The van der Waals surface area contributed by atoms with Crippen molar-refractivity contribution < 1.29 is 29.1 Å². The maximum Gasteiger partial charge on any atom is 0.309 e. The Kier molecular flexibility index (Phi) is 6.93. The number of likely N-dealkylation sites (tertiary alicyclic amines) is 1. The molecule has 2 fully saturated rings. The van der Waals surface area contributed by atoms with E-state index >= 15 is 0 Å². The number of nitrogens with two attached hydrogens (primary N) is 1. The van der Waals surface area contributed by atoms with Gasteiger partial charge in [-0.25, -0.2) is 0 Å². The largest absolute Gasteiger partial charge is 0.481 e. The molecule has 1 saturated heterocycles. The molecular weight excluding hydrogens is 464 g/mol. The van der Waals surface area contributed by atoms with Crippen LogP contribution < -0.4 is 16.4 Å². The van der Waals surface area contributed by atoms with Crippen LogP contribution in [0.4, 0.5) is 5.69 Å². The van der Waals surface area contributed by atoms with Crippen molar-refractivity contribution in [2.75, 3.05) is 12.3 Å². The molecule has 1 heterocycles. The highest BCUT2D eigenvalue weighted by atomic mass is 35.5. The second-order valence-electron chi connectivity index (χ2n) is 9.94. The van der Waals surface area contributed by atoms with Gasteiger partial charge in [-0.3, -0.25) is 19.2 Å². The van der Waals surface area contributed by atoms with Crippen LogP contribution in [0.25, 0.3) is 0 Å². The van der Waals surface area contributed by atoms with Gasteiger partial charge in [-0.1, -0.05) is 32.4 Å². The molecule has 2 aliphatic rings. The highest BCUT2D eigenvalue weighted by molar-refractivity contribution is 6.33. The van der Waals surface area contributed by atoms with Crippen molar-refractivity contribution in [2.45, 2.75) is 57.7 Å². The van der Waals surface area contributed by atoms with Crippen molar-refractivity contribution in [1.82, 2.24) is 15.5 Å². The topological polar surface area (TPSA) is 159 Å². The number of hydrogen-bond acceptors (Lipinski definition) is 6. The first-order chi connectivity index (χ1) is 15.8. The minimum atomic E-state index is -1.44. The zero-order chi connectivity index (χ0) is 25.4. The third-order valence-electron chi connectivity index (χ3n) is 6.36. The number of carboxylic acid groups (broad SMARTS) is 1. The summed E-state index contributed by atoms with van der Waals surface area (Å²) >= 11 is 6.02. The maximum absolute atomic E-state index is 13.5. The Morgan fingerprint density at radius 3 is 2.50 bits per heavy atom. The number of rotatable bonds is 7. The molecule has 3 amide bonds. The molecule has 11 heteroatoms. The smallest absolute Gasteiger partial charge is 0.309 e. The number of aldehydes is 1. The lowest BCUT2D eigenvalue weighted by Gasteiger charge is -2.35. The molecule has 0 radical (unpaired) electrons. The van der Waals surface area contributed by atoms with Crippen LogP contribution in [0.2, 0.25) is 5.02 Å². The monoisotopic (exact) mass is 492 g/mol. The molecule has 1 aliphatic carbocycles. The van der Waals surface area contributed by atoms with E-state index in [9.17, 15) is 29.1 Å². The van der Waals surface area contributed by atoms with Crippen molar-refractivity contribution in [1.29, 1.82) is 0 Å². The van der Waals surface area contributed by atoms with Gasteiger partial charge in [0.05, 0.1) is 16.6 Å². The lowest BCUT2D eigenvalue weighted by atomic mass is 9.85. The molecule has 10 nitrogen and oxygen atoms in total. The molecule has 1 aliphatic heterocycles. The van der Waals surface area contributed by atoms with Gasteiger partial charge in [-0.2, -0.15) is 0 Å². The highest BCUT2D eigenvalue weighted by Gasteiger charge is 2.61. The Bertz CT molecular complexity index is 1040. The first-order valence-electron chi connectivity index (χ1n) is 11.0. The molecule has 0 aromatic heterocycles. The number of anilines is 1. The molecule has 1 aromatic rings. The Morgan fingerprint density at radius 2 is 1.97 bits per heavy atom. The molecule has 2 unspecified atom stereocenters. The zero-order valence-corrected chi connectivity index (χ0v) is 20.0. The average Bonchev–Trinajstić information content (AvgIpc) is 3.26. The number of nitrogens with one attached hydrogen (secondary N) is 2. The molecular formula is C23H29ClN4O6. The van der Waals surface area contributed by atoms with Gasteiger partial charge in [-0.05, 0) is 42.9 Å². The van der Waals surface area contributed by atoms with E-state index in [1.165, 1.54) is 23.1 Å². The van der Waals surface area contributed by atoms with E-state index in [-0.39, 0.29) is 17.0 Å². The molecule has 3 rings (SSSR count). The predicted octanol–water partition coefficient (Wildman–Crippen LogP) is 1.22. The van der Waals surface area contributed by atoms with Crippen LogP contribution in [0.15, 0.2) is 18.2 Å². The summed E-state index contributed by atoms with van der Waals surface area (Å²) < 4.78 is 0. The van der Waals surface area contributed by atoms with E-state index in [2.05, 4.69) is 10.6 Å². The Labute approximate surface area is 202 Å². The fourth-order valence-corrected chi connectivity index (χ4v) is 4.38. The van der Waals surface area contributed by atoms with Gasteiger partial charge >= 0.3 is 5.97 Å². The van der Waals surface area contributed by atoms with E-state index in [0.717, 1.165) is 0 Å². The summed E-state index contributed by atoms with van der Waals surface area (Å²) in [7, 11) is 0. The van der Waals surface area contributed by atoms with Gasteiger partial charge in [0.1, 0.15) is 23.9 Å². The molecule has 5 N–H and O–H groups in total. The Hall–Kier alpha value is -3.14. The fraction of sp³-hybridized carbons (Fsp3) is 0.522. The number of nitrogens with zero attached hydrogens (tertiary/aromatic N) is 1.